The van der Waals surface area contributed by atoms with Crippen molar-refractivity contribution in [3.8, 4) is 0 Å². The van der Waals surface area contributed by atoms with Gasteiger partial charge in [0, 0.05) is 6.54 Å². The molecule has 1 amide bonds. The van der Waals surface area contributed by atoms with Gasteiger partial charge < -0.3 is 10.6 Å². The summed E-state index contributed by atoms with van der Waals surface area (Å²) in [7, 11) is 0. The Balaban J connectivity index is 2.55. The lowest BCUT2D eigenvalue weighted by molar-refractivity contribution is -0.127. The van der Waals surface area contributed by atoms with Crippen LogP contribution in [0.25, 0.3) is 0 Å². The molecule has 0 aromatic heterocycles. The van der Waals surface area contributed by atoms with Crippen molar-refractivity contribution in [1.82, 2.24) is 10.6 Å². The zero-order valence-electron chi connectivity index (χ0n) is 13.4. The van der Waals surface area contributed by atoms with Gasteiger partial charge in [0.25, 0.3) is 0 Å². The molecule has 0 saturated heterocycles. The van der Waals surface area contributed by atoms with Crippen molar-refractivity contribution < 1.29 is 4.79 Å². The van der Waals surface area contributed by atoms with Crippen molar-refractivity contribution in [1.29, 1.82) is 0 Å². The highest BCUT2D eigenvalue weighted by Crippen LogP contribution is 2.42. The van der Waals surface area contributed by atoms with Crippen LogP contribution in [-0.4, -0.2) is 24.5 Å². The van der Waals surface area contributed by atoms with E-state index in [-0.39, 0.29) is 5.91 Å². The molecule has 0 aliphatic heterocycles. The Morgan fingerprint density at radius 2 is 1.84 bits per heavy atom. The normalized spacial score (nSPS) is 18.8. The summed E-state index contributed by atoms with van der Waals surface area (Å²) < 4.78 is 0. The molecule has 1 rings (SSSR count). The first-order valence-corrected chi connectivity index (χ1v) is 7.85. The maximum Gasteiger partial charge on any atom is 0.239 e. The van der Waals surface area contributed by atoms with Gasteiger partial charge in [0.2, 0.25) is 5.91 Å². The predicted octanol–water partition coefficient (Wildman–Crippen LogP) is 3.10. The van der Waals surface area contributed by atoms with Crippen LogP contribution in [0, 0.1) is 11.3 Å². The van der Waals surface area contributed by atoms with Crippen LogP contribution >= 0.6 is 0 Å². The largest absolute Gasteiger partial charge is 0.354 e. The summed E-state index contributed by atoms with van der Waals surface area (Å²) in [6.07, 6.45) is 6.41. The Hall–Kier alpha value is -0.570. The number of amides is 1. The molecule has 0 atom stereocenters. The SMILES string of the molecule is CCNC(C)(C)C(=O)NCC1(CC(C)C)CCCC1. The maximum atomic E-state index is 12.3. The van der Waals surface area contributed by atoms with E-state index in [9.17, 15) is 4.79 Å². The zero-order valence-corrected chi connectivity index (χ0v) is 13.4. The molecule has 3 nitrogen and oxygen atoms in total. The lowest BCUT2D eigenvalue weighted by Crippen LogP contribution is -2.54. The average molecular weight is 268 g/mol. The molecule has 2 N–H and O–H groups in total. The molecule has 0 bridgehead atoms. The molecule has 0 heterocycles. The molecule has 0 spiro atoms. The quantitative estimate of drug-likeness (QED) is 0.745. The fourth-order valence-corrected chi connectivity index (χ4v) is 3.46. The molecule has 3 heteroatoms. The van der Waals surface area contributed by atoms with Gasteiger partial charge in [0.05, 0.1) is 5.54 Å². The lowest BCUT2D eigenvalue weighted by atomic mass is 9.78. The van der Waals surface area contributed by atoms with E-state index < -0.39 is 5.54 Å². The third kappa shape index (κ3) is 4.79. The summed E-state index contributed by atoms with van der Waals surface area (Å²) in [6.45, 7) is 12.2. The van der Waals surface area contributed by atoms with Crippen molar-refractivity contribution in [3.05, 3.63) is 0 Å². The predicted molar refractivity (Wildman–Crippen MR) is 81.1 cm³/mol. The second-order valence-corrected chi connectivity index (χ2v) is 7.14. The van der Waals surface area contributed by atoms with Crippen molar-refractivity contribution in [3.63, 3.8) is 0 Å². The van der Waals surface area contributed by atoms with Crippen LogP contribution < -0.4 is 10.6 Å². The molecule has 1 fully saturated rings. The van der Waals surface area contributed by atoms with Crippen molar-refractivity contribution in [2.45, 2.75) is 72.3 Å². The molecule has 0 radical (unpaired) electrons. The van der Waals surface area contributed by atoms with E-state index in [1.807, 2.05) is 20.8 Å². The number of rotatable bonds is 7. The van der Waals surface area contributed by atoms with Gasteiger partial charge in [-0.1, -0.05) is 33.6 Å². The standard InChI is InChI=1S/C16H32N2O/c1-6-18-15(4,5)14(19)17-12-16(11-13(2)3)9-7-8-10-16/h13,18H,6-12H2,1-5H3,(H,17,19). The van der Waals surface area contributed by atoms with Gasteiger partial charge in [-0.15, -0.1) is 0 Å². The minimum Gasteiger partial charge on any atom is -0.354 e. The highest BCUT2D eigenvalue weighted by atomic mass is 16.2. The second-order valence-electron chi connectivity index (χ2n) is 7.14. The van der Waals surface area contributed by atoms with Crippen molar-refractivity contribution in [2.24, 2.45) is 11.3 Å². The number of carbonyl (C=O) groups excluding carboxylic acids is 1. The highest BCUT2D eigenvalue weighted by Gasteiger charge is 2.36. The molecule has 1 aliphatic rings. The molecule has 0 aromatic rings. The third-order valence-electron chi connectivity index (χ3n) is 4.32. The molecule has 0 aromatic carbocycles. The van der Waals surface area contributed by atoms with Crippen LogP contribution in [0.5, 0.6) is 0 Å². The van der Waals surface area contributed by atoms with Gasteiger partial charge in [-0.05, 0) is 51.0 Å². The van der Waals surface area contributed by atoms with E-state index in [0.29, 0.717) is 11.3 Å². The van der Waals surface area contributed by atoms with Crippen LogP contribution in [0.4, 0.5) is 0 Å². The Bertz CT molecular complexity index is 291. The molecule has 1 saturated carbocycles. The van der Waals surface area contributed by atoms with Crippen LogP contribution in [-0.2, 0) is 4.79 Å². The topological polar surface area (TPSA) is 41.1 Å². The number of carbonyl (C=O) groups is 1. The monoisotopic (exact) mass is 268 g/mol. The lowest BCUT2D eigenvalue weighted by Gasteiger charge is -2.33. The van der Waals surface area contributed by atoms with Crippen molar-refractivity contribution >= 4 is 5.91 Å². The smallest absolute Gasteiger partial charge is 0.239 e. The summed E-state index contributed by atoms with van der Waals surface area (Å²) in [5.74, 6) is 0.834. The van der Waals surface area contributed by atoms with Crippen LogP contribution in [0.1, 0.15) is 66.7 Å². The Morgan fingerprint density at radius 3 is 2.32 bits per heavy atom. The Kier molecular flexibility index (Phi) is 5.84. The minimum atomic E-state index is -0.466. The van der Waals surface area contributed by atoms with Crippen LogP contribution in [0.2, 0.25) is 0 Å². The molecule has 0 unspecified atom stereocenters. The first-order valence-electron chi connectivity index (χ1n) is 7.85. The number of nitrogens with one attached hydrogen (secondary N) is 2. The Labute approximate surface area is 118 Å². The highest BCUT2D eigenvalue weighted by molar-refractivity contribution is 5.85. The minimum absolute atomic E-state index is 0.129. The zero-order chi connectivity index (χ0) is 14.5. The fraction of sp³-hybridized carbons (Fsp3) is 0.938. The summed E-state index contributed by atoms with van der Waals surface area (Å²) >= 11 is 0. The van der Waals surface area contributed by atoms with Gasteiger partial charge in [-0.3, -0.25) is 4.79 Å². The van der Waals surface area contributed by atoms with E-state index in [1.54, 1.807) is 0 Å². The van der Waals surface area contributed by atoms with Crippen LogP contribution in [0.15, 0.2) is 0 Å². The molecule has 19 heavy (non-hydrogen) atoms. The van der Waals surface area contributed by atoms with Gasteiger partial charge in [-0.25, -0.2) is 0 Å². The molecular formula is C16H32N2O. The number of hydrogen-bond acceptors (Lipinski definition) is 2. The van der Waals surface area contributed by atoms with Gasteiger partial charge in [-0.2, -0.15) is 0 Å². The van der Waals surface area contributed by atoms with E-state index in [1.165, 1.54) is 32.1 Å². The van der Waals surface area contributed by atoms with Gasteiger partial charge in [0.1, 0.15) is 0 Å². The van der Waals surface area contributed by atoms with E-state index in [0.717, 1.165) is 13.1 Å². The molecular weight excluding hydrogens is 236 g/mol. The first-order chi connectivity index (χ1) is 8.81. The summed E-state index contributed by atoms with van der Waals surface area (Å²) in [5, 5.41) is 6.43. The maximum absolute atomic E-state index is 12.3. The van der Waals surface area contributed by atoms with E-state index >= 15 is 0 Å². The van der Waals surface area contributed by atoms with Gasteiger partial charge >= 0.3 is 0 Å². The van der Waals surface area contributed by atoms with Crippen molar-refractivity contribution in [2.75, 3.05) is 13.1 Å². The average Bonchev–Trinajstić information content (AvgIpc) is 2.74. The van der Waals surface area contributed by atoms with Crippen LogP contribution in [0.3, 0.4) is 0 Å². The fourth-order valence-electron chi connectivity index (χ4n) is 3.46. The van der Waals surface area contributed by atoms with E-state index in [4.69, 9.17) is 0 Å². The first kappa shape index (κ1) is 16.5. The third-order valence-corrected chi connectivity index (χ3v) is 4.32. The van der Waals surface area contributed by atoms with E-state index in [2.05, 4.69) is 24.5 Å². The number of likely N-dealkylation sites (N-methyl/N-ethyl adjacent to an activating group) is 1. The summed E-state index contributed by atoms with van der Waals surface area (Å²) in [4.78, 5) is 12.3. The second kappa shape index (κ2) is 6.74. The van der Waals surface area contributed by atoms with Gasteiger partial charge in [0.15, 0.2) is 0 Å². The molecule has 112 valence electrons. The molecule has 1 aliphatic carbocycles. The summed E-state index contributed by atoms with van der Waals surface area (Å²) in [6, 6.07) is 0. The number of hydrogen-bond donors (Lipinski definition) is 2. The summed E-state index contributed by atoms with van der Waals surface area (Å²) in [5.41, 5.74) is -0.113. The Morgan fingerprint density at radius 1 is 1.26 bits per heavy atom.